The van der Waals surface area contributed by atoms with Gasteiger partial charge in [-0.15, -0.1) is 0 Å². The molecule has 0 aliphatic rings. The normalized spacial score (nSPS) is 10.1. The molecule has 2 aromatic carbocycles. The molecular weight excluding hydrogens is 400 g/mol. The maximum Gasteiger partial charge on any atom is 0.335 e. The molecule has 0 unspecified atom stereocenters. The molecule has 0 aromatic heterocycles. The number of phenols is 2. The van der Waals surface area contributed by atoms with Gasteiger partial charge in [0.1, 0.15) is 17.3 Å². The molecule has 0 aliphatic carbocycles. The maximum absolute atomic E-state index is 11.2. The van der Waals surface area contributed by atoms with Crippen LogP contribution in [0.15, 0.2) is 36.4 Å². The largest absolute Gasteiger partial charge is 0.508 e. The van der Waals surface area contributed by atoms with Gasteiger partial charge in [0.15, 0.2) is 12.1 Å². The fourth-order valence-electron chi connectivity index (χ4n) is 2.56. The van der Waals surface area contributed by atoms with Crippen LogP contribution in [0, 0.1) is 10.8 Å². The molecule has 0 heterocycles. The van der Waals surface area contributed by atoms with Crippen LogP contribution in [0.3, 0.4) is 0 Å². The highest BCUT2D eigenvalue weighted by Crippen LogP contribution is 2.33. The highest BCUT2D eigenvalue weighted by Gasteiger charge is 2.23. The lowest BCUT2D eigenvalue weighted by Crippen LogP contribution is -2.37. The predicted octanol–water partition coefficient (Wildman–Crippen LogP) is 3.15. The van der Waals surface area contributed by atoms with E-state index >= 15 is 0 Å². The van der Waals surface area contributed by atoms with E-state index in [2.05, 4.69) is 12.2 Å². The Morgan fingerprint density at radius 1 is 1.13 bits per heavy atom. The van der Waals surface area contributed by atoms with Gasteiger partial charge in [-0.25, -0.2) is 4.79 Å². The van der Waals surface area contributed by atoms with E-state index in [4.69, 9.17) is 15.9 Å². The molecule has 6 N–H and O–H groups in total. The van der Waals surface area contributed by atoms with Gasteiger partial charge in [-0.05, 0) is 55.4 Å². The molecule has 0 radical (unpaired) electrons. The van der Waals surface area contributed by atoms with Crippen molar-refractivity contribution in [3.05, 3.63) is 53.1 Å². The van der Waals surface area contributed by atoms with E-state index in [9.17, 15) is 19.8 Å². The van der Waals surface area contributed by atoms with Crippen LogP contribution in [-0.2, 0) is 4.79 Å². The molecule has 0 saturated heterocycles. The van der Waals surface area contributed by atoms with E-state index in [-0.39, 0.29) is 46.4 Å². The molecule has 0 atom stereocenters. The molecule has 0 spiro atoms. The maximum atomic E-state index is 11.2. The van der Waals surface area contributed by atoms with Crippen LogP contribution in [0.2, 0.25) is 0 Å². The summed E-state index contributed by atoms with van der Waals surface area (Å²) in [6, 6.07) is 7.82. The van der Waals surface area contributed by atoms with E-state index < -0.39 is 11.8 Å². The second-order valence-electron chi connectivity index (χ2n) is 6.83. The molecule has 9 heteroatoms. The van der Waals surface area contributed by atoms with Crippen molar-refractivity contribution in [2.45, 2.75) is 26.7 Å². The van der Waals surface area contributed by atoms with E-state index in [1.807, 2.05) is 20.9 Å². The Bertz CT molecular complexity index is 953. The molecular formula is C22H28N4O5. The molecule has 2 aromatic rings. The molecule has 31 heavy (non-hydrogen) atoms. The summed E-state index contributed by atoms with van der Waals surface area (Å²) in [6.07, 6.45) is 0.237. The lowest BCUT2D eigenvalue weighted by Gasteiger charge is -2.24. The second-order valence-corrected chi connectivity index (χ2v) is 6.83. The number of aldehydes is 1. The molecule has 2 rings (SSSR count). The van der Waals surface area contributed by atoms with Crippen molar-refractivity contribution >= 4 is 29.6 Å². The lowest BCUT2D eigenvalue weighted by atomic mass is 9.98. The third kappa shape index (κ3) is 6.38. The van der Waals surface area contributed by atoms with Gasteiger partial charge in [-0.3, -0.25) is 20.5 Å². The van der Waals surface area contributed by atoms with Gasteiger partial charge in [-0.2, -0.15) is 0 Å². The Morgan fingerprint density at radius 3 is 2.10 bits per heavy atom. The van der Waals surface area contributed by atoms with Crippen molar-refractivity contribution in [2.75, 3.05) is 18.5 Å². The highest BCUT2D eigenvalue weighted by atomic mass is 16.4. The van der Waals surface area contributed by atoms with E-state index in [0.29, 0.717) is 5.56 Å². The zero-order valence-electron chi connectivity index (χ0n) is 17.9. The Morgan fingerprint density at radius 2 is 1.68 bits per heavy atom. The lowest BCUT2D eigenvalue weighted by molar-refractivity contribution is -0.102. The zero-order valence-corrected chi connectivity index (χ0v) is 17.9. The number of hydrogen-bond acceptors (Lipinski definition) is 7. The van der Waals surface area contributed by atoms with Gasteiger partial charge >= 0.3 is 5.97 Å². The first kappa shape index (κ1) is 25.3. The first-order valence-electron chi connectivity index (χ1n) is 9.55. The van der Waals surface area contributed by atoms with Crippen LogP contribution >= 0.6 is 0 Å². The van der Waals surface area contributed by atoms with Crippen molar-refractivity contribution in [2.24, 2.45) is 0 Å². The number of amidine groups is 2. The van der Waals surface area contributed by atoms with E-state index in [1.165, 1.54) is 30.3 Å². The van der Waals surface area contributed by atoms with Crippen molar-refractivity contribution in [1.29, 1.82) is 10.8 Å². The molecule has 166 valence electrons. The summed E-state index contributed by atoms with van der Waals surface area (Å²) in [5.41, 5.74) is 0.731. The summed E-state index contributed by atoms with van der Waals surface area (Å²) in [7, 11) is 1.93. The Labute approximate surface area is 181 Å². The number of aromatic carboxylic acids is 1. The van der Waals surface area contributed by atoms with Gasteiger partial charge < -0.3 is 20.6 Å². The summed E-state index contributed by atoms with van der Waals surface area (Å²) < 4.78 is 0. The number of nitrogens with one attached hydrogen (secondary N) is 3. The van der Waals surface area contributed by atoms with Crippen LogP contribution in [0.25, 0.3) is 0 Å². The Kier molecular flexibility index (Phi) is 9.36. The average molecular weight is 428 g/mol. The van der Waals surface area contributed by atoms with Gasteiger partial charge in [-0.1, -0.05) is 20.8 Å². The van der Waals surface area contributed by atoms with Crippen LogP contribution in [-0.4, -0.2) is 52.8 Å². The summed E-state index contributed by atoms with van der Waals surface area (Å²) in [6.45, 7) is 6.80. The predicted molar refractivity (Wildman–Crippen MR) is 120 cm³/mol. The van der Waals surface area contributed by atoms with Crippen LogP contribution in [0.5, 0.6) is 11.5 Å². The summed E-state index contributed by atoms with van der Waals surface area (Å²) in [4.78, 5) is 23.1. The minimum absolute atomic E-state index is 0.0115. The van der Waals surface area contributed by atoms with Crippen LogP contribution in [0.1, 0.15) is 48.2 Å². The minimum atomic E-state index is -1.13. The zero-order chi connectivity index (χ0) is 23.7. The molecule has 0 saturated carbocycles. The Balaban J connectivity index is 0.00000110. The number of rotatable bonds is 6. The number of carbonyl (C=O) groups excluding carboxylic acids is 1. The monoisotopic (exact) mass is 428 g/mol. The number of carbonyl (C=O) groups is 2. The summed E-state index contributed by atoms with van der Waals surface area (Å²) >= 11 is 0. The smallest absolute Gasteiger partial charge is 0.335 e. The first-order chi connectivity index (χ1) is 14.6. The number of aromatic hydroxyl groups is 2. The van der Waals surface area contributed by atoms with Gasteiger partial charge in [0, 0.05) is 11.8 Å². The quantitative estimate of drug-likeness (QED) is 0.234. The SMILES string of the molecule is CC(C)c1cc(C(=N)N(C(=N)C=O)c2ccc(C(=O)O)cc2)c(O)cc1O.CCNC. The molecule has 0 bridgehead atoms. The topological polar surface area (TPSA) is 158 Å². The molecule has 0 aliphatic heterocycles. The van der Waals surface area contributed by atoms with Gasteiger partial charge in [0.2, 0.25) is 0 Å². The number of hydrogen-bond donors (Lipinski definition) is 6. The van der Waals surface area contributed by atoms with E-state index in [1.54, 1.807) is 0 Å². The van der Waals surface area contributed by atoms with Crippen LogP contribution < -0.4 is 10.2 Å². The van der Waals surface area contributed by atoms with Crippen molar-refractivity contribution in [3.8, 4) is 11.5 Å². The molecule has 9 nitrogen and oxygen atoms in total. The standard InChI is InChI=1S/C19H19N3O5.C3H9N/c1-10(2)13-7-14(16(25)8-15(13)24)18(21)22(17(20)9-23)12-5-3-11(4-6-12)19(26)27;1-3-4-2/h3-10,20-21,24-25H,1-2H3,(H,26,27);4H,3H2,1-2H3. The van der Waals surface area contributed by atoms with Crippen molar-refractivity contribution < 1.29 is 24.9 Å². The number of carboxylic acid groups (broad SMARTS) is 1. The average Bonchev–Trinajstić information content (AvgIpc) is 2.73. The van der Waals surface area contributed by atoms with Gasteiger partial charge in [0.25, 0.3) is 0 Å². The molecule has 0 amide bonds. The number of anilines is 1. The number of carboxylic acids is 1. The van der Waals surface area contributed by atoms with Gasteiger partial charge in [0.05, 0.1) is 11.1 Å². The highest BCUT2D eigenvalue weighted by molar-refractivity contribution is 6.41. The molecule has 0 fully saturated rings. The number of phenolic OH excluding ortho intramolecular Hbond substituents is 2. The number of benzene rings is 2. The summed E-state index contributed by atoms with van der Waals surface area (Å²) in [5, 5.41) is 48.3. The third-order valence-corrected chi connectivity index (χ3v) is 4.32. The fourth-order valence-corrected chi connectivity index (χ4v) is 2.56. The minimum Gasteiger partial charge on any atom is -0.508 e. The second kappa shape index (κ2) is 11.5. The summed E-state index contributed by atoms with van der Waals surface area (Å²) in [5.74, 6) is -2.66. The van der Waals surface area contributed by atoms with Crippen molar-refractivity contribution in [1.82, 2.24) is 5.32 Å². The number of nitrogens with zero attached hydrogens (tertiary/aromatic N) is 1. The van der Waals surface area contributed by atoms with Crippen molar-refractivity contribution in [3.63, 3.8) is 0 Å². The van der Waals surface area contributed by atoms with Crippen LogP contribution in [0.4, 0.5) is 5.69 Å². The fraction of sp³-hybridized carbons (Fsp3) is 0.273. The Hall–Kier alpha value is -3.72. The third-order valence-electron chi connectivity index (χ3n) is 4.32. The van der Waals surface area contributed by atoms with E-state index in [0.717, 1.165) is 17.5 Å². The first-order valence-corrected chi connectivity index (χ1v) is 9.55.